The van der Waals surface area contributed by atoms with Gasteiger partial charge in [0.25, 0.3) is 0 Å². The van der Waals surface area contributed by atoms with Crippen LogP contribution in [-0.4, -0.2) is 28.3 Å². The van der Waals surface area contributed by atoms with Crippen LogP contribution in [0.5, 0.6) is 0 Å². The summed E-state index contributed by atoms with van der Waals surface area (Å²) in [6, 6.07) is 21.3. The van der Waals surface area contributed by atoms with Crippen molar-refractivity contribution in [1.29, 1.82) is 0 Å². The highest BCUT2D eigenvalue weighted by Gasteiger charge is 2.20. The van der Waals surface area contributed by atoms with Crippen LogP contribution < -0.4 is 0 Å². The van der Waals surface area contributed by atoms with Crippen LogP contribution in [0, 0.1) is 0 Å². The summed E-state index contributed by atoms with van der Waals surface area (Å²) >= 11 is 1.45. The summed E-state index contributed by atoms with van der Waals surface area (Å²) in [6.45, 7) is 0.293. The third-order valence-electron chi connectivity index (χ3n) is 3.98. The Kier molecular flexibility index (Phi) is 5.16. The van der Waals surface area contributed by atoms with Crippen molar-refractivity contribution in [2.45, 2.75) is 12.6 Å². The fourth-order valence-corrected chi connectivity index (χ4v) is 3.92. The zero-order chi connectivity index (χ0) is 17.8. The van der Waals surface area contributed by atoms with Gasteiger partial charge in [-0.05, 0) is 22.8 Å². The van der Waals surface area contributed by atoms with Gasteiger partial charge in [0, 0.05) is 16.8 Å². The van der Waals surface area contributed by atoms with Crippen molar-refractivity contribution >= 4 is 17.4 Å². The van der Waals surface area contributed by atoms with Crippen molar-refractivity contribution in [2.24, 2.45) is 0 Å². The Morgan fingerprint density at radius 2 is 1.68 bits per heavy atom. The van der Waals surface area contributed by atoms with Crippen LogP contribution in [0.3, 0.4) is 0 Å². The molecule has 0 saturated heterocycles. The van der Waals surface area contributed by atoms with E-state index in [1.807, 2.05) is 66.7 Å². The van der Waals surface area contributed by atoms with E-state index in [1.165, 1.54) is 23.3 Å². The summed E-state index contributed by atoms with van der Waals surface area (Å²) in [5.41, 5.74) is 2.77. The number of hydrogen-bond acceptors (Lipinski definition) is 3. The number of amides is 1. The zero-order valence-electron chi connectivity index (χ0n) is 13.8. The van der Waals surface area contributed by atoms with Crippen molar-refractivity contribution in [2.75, 3.05) is 7.05 Å². The molecule has 0 aliphatic heterocycles. The summed E-state index contributed by atoms with van der Waals surface area (Å²) in [5.74, 6) is 0. The average molecular weight is 353 g/mol. The SMILES string of the molecule is CN(Cc1cc(-c2ccccc2)c(C(O)c2ccccc2)s1)C(=O)O. The average Bonchev–Trinajstić information content (AvgIpc) is 3.06. The number of aliphatic hydroxyl groups excluding tert-OH is 1. The number of benzene rings is 2. The fourth-order valence-electron chi connectivity index (χ4n) is 2.67. The highest BCUT2D eigenvalue weighted by Crippen LogP contribution is 2.38. The molecule has 128 valence electrons. The van der Waals surface area contributed by atoms with Crippen molar-refractivity contribution in [3.63, 3.8) is 0 Å². The van der Waals surface area contributed by atoms with Crippen LogP contribution in [0.2, 0.25) is 0 Å². The summed E-state index contributed by atoms with van der Waals surface area (Å²) in [7, 11) is 1.54. The molecular formula is C20H19NO3S. The lowest BCUT2D eigenvalue weighted by molar-refractivity contribution is 0.154. The number of nitrogens with zero attached hydrogens (tertiary/aromatic N) is 1. The van der Waals surface area contributed by atoms with Gasteiger partial charge >= 0.3 is 6.09 Å². The lowest BCUT2D eigenvalue weighted by atomic mass is 10.0. The largest absolute Gasteiger partial charge is 0.465 e. The maximum absolute atomic E-state index is 11.1. The van der Waals surface area contributed by atoms with Gasteiger partial charge in [-0.25, -0.2) is 4.79 Å². The predicted octanol–water partition coefficient (Wildman–Crippen LogP) is 4.61. The molecule has 1 aromatic heterocycles. The molecule has 0 radical (unpaired) electrons. The maximum Gasteiger partial charge on any atom is 0.407 e. The molecular weight excluding hydrogens is 334 g/mol. The molecule has 1 amide bonds. The van der Waals surface area contributed by atoms with Gasteiger partial charge < -0.3 is 15.1 Å². The Morgan fingerprint density at radius 3 is 2.28 bits per heavy atom. The van der Waals surface area contributed by atoms with Gasteiger partial charge in [-0.3, -0.25) is 0 Å². The molecule has 0 aliphatic rings. The highest BCUT2D eigenvalue weighted by atomic mass is 32.1. The normalized spacial score (nSPS) is 11.9. The van der Waals surface area contributed by atoms with Crippen LogP contribution in [0.4, 0.5) is 4.79 Å². The Hall–Kier alpha value is -2.63. The molecule has 5 heteroatoms. The molecule has 3 rings (SSSR count). The molecule has 1 atom stereocenters. The molecule has 3 aromatic rings. The van der Waals surface area contributed by atoms with E-state index < -0.39 is 12.2 Å². The minimum absolute atomic E-state index is 0.293. The van der Waals surface area contributed by atoms with Crippen LogP contribution in [0.25, 0.3) is 11.1 Å². The van der Waals surface area contributed by atoms with Gasteiger partial charge in [-0.15, -0.1) is 11.3 Å². The fraction of sp³-hybridized carbons (Fsp3) is 0.150. The maximum atomic E-state index is 11.1. The first-order valence-electron chi connectivity index (χ1n) is 7.91. The van der Waals surface area contributed by atoms with Crippen molar-refractivity contribution in [1.82, 2.24) is 4.90 Å². The molecule has 2 aromatic carbocycles. The molecule has 1 heterocycles. The minimum Gasteiger partial charge on any atom is -0.465 e. The second kappa shape index (κ2) is 7.51. The van der Waals surface area contributed by atoms with E-state index >= 15 is 0 Å². The molecule has 0 bridgehead atoms. The van der Waals surface area contributed by atoms with Crippen LogP contribution >= 0.6 is 11.3 Å². The van der Waals surface area contributed by atoms with Crippen LogP contribution in [0.15, 0.2) is 66.7 Å². The van der Waals surface area contributed by atoms with Gasteiger partial charge in [0.2, 0.25) is 0 Å². The number of thiophene rings is 1. The molecule has 1 unspecified atom stereocenters. The van der Waals surface area contributed by atoms with Gasteiger partial charge in [-0.2, -0.15) is 0 Å². The quantitative estimate of drug-likeness (QED) is 0.704. The number of carboxylic acid groups (broad SMARTS) is 1. The molecule has 25 heavy (non-hydrogen) atoms. The summed E-state index contributed by atoms with van der Waals surface area (Å²) < 4.78 is 0. The third kappa shape index (κ3) is 3.90. The van der Waals surface area contributed by atoms with E-state index in [0.29, 0.717) is 6.54 Å². The van der Waals surface area contributed by atoms with Crippen LogP contribution in [0.1, 0.15) is 21.4 Å². The lowest BCUT2D eigenvalue weighted by Crippen LogP contribution is -2.23. The predicted molar refractivity (Wildman–Crippen MR) is 99.8 cm³/mol. The smallest absolute Gasteiger partial charge is 0.407 e. The van der Waals surface area contributed by atoms with Crippen molar-refractivity contribution < 1.29 is 15.0 Å². The Morgan fingerprint density at radius 1 is 1.08 bits per heavy atom. The van der Waals surface area contributed by atoms with E-state index in [1.54, 1.807) is 0 Å². The zero-order valence-corrected chi connectivity index (χ0v) is 14.6. The Labute approximate surface area is 150 Å². The van der Waals surface area contributed by atoms with E-state index in [4.69, 9.17) is 5.11 Å². The first kappa shape index (κ1) is 17.2. The topological polar surface area (TPSA) is 60.8 Å². The summed E-state index contributed by atoms with van der Waals surface area (Å²) in [6.07, 6.45) is -1.72. The first-order valence-corrected chi connectivity index (χ1v) is 8.73. The van der Waals surface area contributed by atoms with E-state index in [9.17, 15) is 9.90 Å². The van der Waals surface area contributed by atoms with Gasteiger partial charge in [0.1, 0.15) is 6.10 Å². The Balaban J connectivity index is 2.03. The standard InChI is InChI=1S/C20H19NO3S/c1-21(20(23)24)13-16-12-17(14-8-4-2-5-9-14)19(25-16)18(22)15-10-6-3-7-11-15/h2-12,18,22H,13H2,1H3,(H,23,24). The van der Waals surface area contributed by atoms with E-state index in [0.717, 1.165) is 26.4 Å². The number of rotatable bonds is 5. The second-order valence-corrected chi connectivity index (χ2v) is 6.98. The Bertz CT molecular complexity index is 846. The van der Waals surface area contributed by atoms with E-state index in [2.05, 4.69) is 0 Å². The molecule has 4 nitrogen and oxygen atoms in total. The first-order chi connectivity index (χ1) is 12.1. The summed E-state index contributed by atoms with van der Waals surface area (Å²) in [5, 5.41) is 20.0. The molecule has 2 N–H and O–H groups in total. The van der Waals surface area contributed by atoms with Crippen molar-refractivity contribution in [3.8, 4) is 11.1 Å². The molecule has 0 aliphatic carbocycles. The lowest BCUT2D eigenvalue weighted by Gasteiger charge is -2.12. The second-order valence-electron chi connectivity index (χ2n) is 5.81. The van der Waals surface area contributed by atoms with Gasteiger partial charge in [0.15, 0.2) is 0 Å². The van der Waals surface area contributed by atoms with Gasteiger partial charge in [-0.1, -0.05) is 60.7 Å². The number of hydrogen-bond donors (Lipinski definition) is 2. The monoisotopic (exact) mass is 353 g/mol. The highest BCUT2D eigenvalue weighted by molar-refractivity contribution is 7.12. The minimum atomic E-state index is -0.972. The van der Waals surface area contributed by atoms with Gasteiger partial charge in [0.05, 0.1) is 6.54 Å². The van der Waals surface area contributed by atoms with Crippen molar-refractivity contribution in [3.05, 3.63) is 82.0 Å². The number of aliphatic hydroxyl groups is 1. The van der Waals surface area contributed by atoms with E-state index in [-0.39, 0.29) is 0 Å². The third-order valence-corrected chi connectivity index (χ3v) is 5.15. The summed E-state index contributed by atoms with van der Waals surface area (Å²) in [4.78, 5) is 14.1. The molecule has 0 saturated carbocycles. The molecule has 0 fully saturated rings. The molecule has 0 spiro atoms. The number of carbonyl (C=O) groups is 1. The van der Waals surface area contributed by atoms with Crippen LogP contribution in [-0.2, 0) is 6.54 Å².